The summed E-state index contributed by atoms with van der Waals surface area (Å²) in [5.41, 5.74) is 0. The van der Waals surface area contributed by atoms with E-state index in [1.165, 1.54) is 13.5 Å². The monoisotopic (exact) mass is 159 g/mol. The number of nitrogens with zero attached hydrogens (tertiary/aromatic N) is 1. The van der Waals surface area contributed by atoms with Crippen molar-refractivity contribution in [1.29, 1.82) is 0 Å². The smallest absolute Gasteiger partial charge is 0.306 e. The molecule has 1 heterocycles. The molecule has 0 N–H and O–H groups in total. The normalized spacial score (nSPS) is 18.1. The summed E-state index contributed by atoms with van der Waals surface area (Å²) in [7, 11) is 1.34. The summed E-state index contributed by atoms with van der Waals surface area (Å²) in [6, 6.07) is 0. The molecule has 64 valence electrons. The second kappa shape index (κ2) is 4.18. The summed E-state index contributed by atoms with van der Waals surface area (Å²) in [5.74, 6) is 0. The van der Waals surface area contributed by atoms with Gasteiger partial charge < -0.3 is 4.90 Å². The molecule has 0 aliphatic carbocycles. The molecule has 0 bridgehead atoms. The van der Waals surface area contributed by atoms with Gasteiger partial charge in [-0.1, -0.05) is 0 Å². The number of carbonyl (C=O) groups excluding carboxylic acids is 1. The largest absolute Gasteiger partial charge is 0.441 e. The van der Waals surface area contributed by atoms with Crippen LogP contribution in [0.15, 0.2) is 0 Å². The van der Waals surface area contributed by atoms with Gasteiger partial charge in [0.05, 0.1) is 7.11 Å². The third-order valence-electron chi connectivity index (χ3n) is 1.77. The first-order valence-electron chi connectivity index (χ1n) is 3.84. The molecule has 1 rings (SSSR count). The zero-order valence-corrected chi connectivity index (χ0v) is 6.71. The van der Waals surface area contributed by atoms with Crippen molar-refractivity contribution in [2.45, 2.75) is 19.3 Å². The van der Waals surface area contributed by atoms with E-state index in [2.05, 4.69) is 9.78 Å². The van der Waals surface area contributed by atoms with Gasteiger partial charge in [-0.3, -0.25) is 4.89 Å². The van der Waals surface area contributed by atoms with Crippen LogP contribution in [0.25, 0.3) is 0 Å². The van der Waals surface area contributed by atoms with Crippen molar-refractivity contribution in [3.63, 3.8) is 0 Å². The first-order valence-corrected chi connectivity index (χ1v) is 3.84. The second-order valence-electron chi connectivity index (χ2n) is 2.56. The lowest BCUT2D eigenvalue weighted by molar-refractivity contribution is -0.221. The molecule has 0 radical (unpaired) electrons. The van der Waals surface area contributed by atoms with Crippen LogP contribution in [0.4, 0.5) is 4.79 Å². The van der Waals surface area contributed by atoms with E-state index in [1.54, 1.807) is 4.90 Å². The summed E-state index contributed by atoms with van der Waals surface area (Å²) >= 11 is 0. The molecule has 1 saturated heterocycles. The fourth-order valence-electron chi connectivity index (χ4n) is 1.20. The van der Waals surface area contributed by atoms with E-state index >= 15 is 0 Å². The molecular weight excluding hydrogens is 146 g/mol. The highest BCUT2D eigenvalue weighted by molar-refractivity contribution is 5.66. The van der Waals surface area contributed by atoms with Gasteiger partial charge in [-0.15, -0.1) is 0 Å². The summed E-state index contributed by atoms with van der Waals surface area (Å²) in [5, 5.41) is 0. The third kappa shape index (κ3) is 2.38. The van der Waals surface area contributed by atoms with E-state index in [4.69, 9.17) is 0 Å². The van der Waals surface area contributed by atoms with Crippen molar-refractivity contribution < 1.29 is 14.6 Å². The van der Waals surface area contributed by atoms with Gasteiger partial charge in [-0.05, 0) is 19.3 Å². The summed E-state index contributed by atoms with van der Waals surface area (Å²) in [6.45, 7) is 1.59. The number of piperidine rings is 1. The second-order valence-corrected chi connectivity index (χ2v) is 2.56. The van der Waals surface area contributed by atoms with Crippen molar-refractivity contribution in [3.8, 4) is 0 Å². The van der Waals surface area contributed by atoms with Crippen molar-refractivity contribution in [3.05, 3.63) is 0 Å². The zero-order valence-electron chi connectivity index (χ0n) is 6.71. The Morgan fingerprint density at radius 2 is 1.91 bits per heavy atom. The van der Waals surface area contributed by atoms with E-state index in [0.29, 0.717) is 0 Å². The molecule has 4 heteroatoms. The number of amides is 1. The van der Waals surface area contributed by atoms with Crippen LogP contribution in [0.2, 0.25) is 0 Å². The standard InChI is InChI=1S/C7H13NO3/c1-10-11-7(9)8-5-3-2-4-6-8/h2-6H2,1H3. The van der Waals surface area contributed by atoms with Crippen LogP contribution in [0.3, 0.4) is 0 Å². The van der Waals surface area contributed by atoms with Gasteiger partial charge in [0, 0.05) is 13.1 Å². The topological polar surface area (TPSA) is 38.8 Å². The molecule has 0 spiro atoms. The molecular formula is C7H13NO3. The number of hydrogen-bond acceptors (Lipinski definition) is 3. The van der Waals surface area contributed by atoms with Crippen molar-refractivity contribution in [2.24, 2.45) is 0 Å². The predicted octanol–water partition coefficient (Wildman–Crippen LogP) is 1.17. The van der Waals surface area contributed by atoms with E-state index in [9.17, 15) is 4.79 Å². The average Bonchev–Trinajstić information content (AvgIpc) is 2.07. The Balaban J connectivity index is 2.27. The summed E-state index contributed by atoms with van der Waals surface area (Å²) in [6.07, 6.45) is 2.97. The number of rotatable bonds is 1. The molecule has 0 saturated carbocycles. The minimum Gasteiger partial charge on any atom is -0.306 e. The summed E-state index contributed by atoms with van der Waals surface area (Å²) in [4.78, 5) is 21.3. The van der Waals surface area contributed by atoms with Gasteiger partial charge in [-0.2, -0.15) is 4.89 Å². The Labute approximate surface area is 66.0 Å². The van der Waals surface area contributed by atoms with Gasteiger partial charge in [0.25, 0.3) is 0 Å². The van der Waals surface area contributed by atoms with Crippen molar-refractivity contribution in [2.75, 3.05) is 20.2 Å². The number of carbonyl (C=O) groups is 1. The van der Waals surface area contributed by atoms with Crippen LogP contribution >= 0.6 is 0 Å². The maximum atomic E-state index is 11.0. The molecule has 0 unspecified atom stereocenters. The fourth-order valence-corrected chi connectivity index (χ4v) is 1.20. The van der Waals surface area contributed by atoms with Gasteiger partial charge in [0.2, 0.25) is 0 Å². The highest BCUT2D eigenvalue weighted by Crippen LogP contribution is 2.09. The van der Waals surface area contributed by atoms with Crippen LogP contribution < -0.4 is 0 Å². The number of likely N-dealkylation sites (tertiary alicyclic amines) is 1. The van der Waals surface area contributed by atoms with Gasteiger partial charge in [-0.25, -0.2) is 4.79 Å². The lowest BCUT2D eigenvalue weighted by atomic mass is 10.1. The molecule has 0 aromatic rings. The van der Waals surface area contributed by atoms with Crippen LogP contribution in [0.1, 0.15) is 19.3 Å². The van der Waals surface area contributed by atoms with Crippen LogP contribution in [0.5, 0.6) is 0 Å². The van der Waals surface area contributed by atoms with Crippen molar-refractivity contribution in [1.82, 2.24) is 4.90 Å². The van der Waals surface area contributed by atoms with Crippen LogP contribution in [0, 0.1) is 0 Å². The van der Waals surface area contributed by atoms with E-state index in [0.717, 1.165) is 25.9 Å². The zero-order chi connectivity index (χ0) is 8.10. The highest BCUT2D eigenvalue weighted by Gasteiger charge is 2.17. The van der Waals surface area contributed by atoms with Crippen LogP contribution in [-0.2, 0) is 9.78 Å². The van der Waals surface area contributed by atoms with Gasteiger partial charge in [0.15, 0.2) is 0 Å². The number of hydrogen-bond donors (Lipinski definition) is 0. The Morgan fingerprint density at radius 1 is 1.27 bits per heavy atom. The molecule has 0 aromatic carbocycles. The van der Waals surface area contributed by atoms with E-state index in [1.807, 2.05) is 0 Å². The lowest BCUT2D eigenvalue weighted by Crippen LogP contribution is -2.35. The molecule has 1 aliphatic heterocycles. The Hall–Kier alpha value is -0.770. The maximum absolute atomic E-state index is 11.0. The van der Waals surface area contributed by atoms with Crippen LogP contribution in [-0.4, -0.2) is 31.2 Å². The Morgan fingerprint density at radius 3 is 2.45 bits per heavy atom. The van der Waals surface area contributed by atoms with Crippen molar-refractivity contribution >= 4 is 6.09 Å². The predicted molar refractivity (Wildman–Crippen MR) is 38.9 cm³/mol. The first-order chi connectivity index (χ1) is 5.34. The molecule has 0 aromatic heterocycles. The Bertz CT molecular complexity index is 132. The molecule has 1 fully saturated rings. The molecule has 1 aliphatic rings. The average molecular weight is 159 g/mol. The molecule has 11 heavy (non-hydrogen) atoms. The van der Waals surface area contributed by atoms with Gasteiger partial charge in [0.1, 0.15) is 0 Å². The van der Waals surface area contributed by atoms with Gasteiger partial charge >= 0.3 is 6.09 Å². The van der Waals surface area contributed by atoms with E-state index in [-0.39, 0.29) is 6.09 Å². The summed E-state index contributed by atoms with van der Waals surface area (Å²) < 4.78 is 0. The fraction of sp³-hybridized carbons (Fsp3) is 0.857. The minimum atomic E-state index is -0.368. The lowest BCUT2D eigenvalue weighted by Gasteiger charge is -2.24. The van der Waals surface area contributed by atoms with E-state index < -0.39 is 0 Å². The quantitative estimate of drug-likeness (QED) is 0.426. The molecule has 0 atom stereocenters. The Kier molecular flexibility index (Phi) is 3.16. The molecule has 1 amide bonds. The highest BCUT2D eigenvalue weighted by atomic mass is 17.2. The molecule has 4 nitrogen and oxygen atoms in total. The maximum Gasteiger partial charge on any atom is 0.441 e. The third-order valence-corrected chi connectivity index (χ3v) is 1.77. The SMILES string of the molecule is COOC(=O)N1CCCCC1. The minimum absolute atomic E-state index is 0.368. The first kappa shape index (κ1) is 8.33.